The Morgan fingerprint density at radius 2 is 1.97 bits per heavy atom. The van der Waals surface area contributed by atoms with Gasteiger partial charge in [0.2, 0.25) is 15.9 Å². The van der Waals surface area contributed by atoms with Crippen LogP contribution in [0, 0.1) is 5.41 Å². The number of carboxylic acid groups (broad SMARTS) is 1. The summed E-state index contributed by atoms with van der Waals surface area (Å²) in [4.78, 5) is 29.0. The molecule has 1 aliphatic rings. The molecule has 0 aromatic heterocycles. The molecular weight excluding hydrogens is 530 g/mol. The van der Waals surface area contributed by atoms with Gasteiger partial charge in [-0.2, -0.15) is 4.72 Å². The first-order chi connectivity index (χ1) is 16.0. The van der Waals surface area contributed by atoms with Crippen molar-refractivity contribution in [3.05, 3.63) is 64.1 Å². The maximum absolute atomic E-state index is 12.5. The zero-order chi connectivity index (χ0) is 24.9. The van der Waals surface area contributed by atoms with Gasteiger partial charge in [0.05, 0.1) is 17.0 Å². The van der Waals surface area contributed by atoms with Gasteiger partial charge in [-0.1, -0.05) is 51.4 Å². The summed E-state index contributed by atoms with van der Waals surface area (Å²) in [5, 5.41) is 23.2. The molecule has 0 radical (unpaired) electrons. The van der Waals surface area contributed by atoms with Crippen molar-refractivity contribution in [1.29, 1.82) is 5.41 Å². The Morgan fingerprint density at radius 1 is 1.26 bits per heavy atom. The minimum Gasteiger partial charge on any atom is -0.480 e. The standard InChI is InChI=1S/C21H22BrN5O6S/c22-14-2-1-3-16(8-14)34(31,32)27-18(21(29)30)11-25-19(28)10-15-9-17(26-33-15)12-4-6-13(7-5-12)20(23)24/h1-8,15,18,27H,9-11H2,(H3,23,24)(H,25,28)(H,29,30)/t15?,18-/m0/s1. The van der Waals surface area contributed by atoms with Gasteiger partial charge in [0, 0.05) is 23.0 Å². The number of amidine groups is 1. The minimum atomic E-state index is -4.12. The number of nitrogens with two attached hydrogens (primary N) is 1. The van der Waals surface area contributed by atoms with E-state index in [4.69, 9.17) is 16.0 Å². The van der Waals surface area contributed by atoms with Crippen LogP contribution in [0.5, 0.6) is 0 Å². The SMILES string of the molecule is N=C(N)c1ccc(C2=NOC(CC(=O)NC[C@H](NS(=O)(=O)c3cccc(Br)c3)C(=O)O)C2)cc1. The zero-order valence-corrected chi connectivity index (χ0v) is 20.1. The number of nitrogens with one attached hydrogen (secondary N) is 3. The second kappa shape index (κ2) is 10.8. The predicted octanol–water partition coefficient (Wildman–Crippen LogP) is 1.16. The molecular formula is C21H22BrN5O6S. The molecule has 34 heavy (non-hydrogen) atoms. The highest BCUT2D eigenvalue weighted by molar-refractivity contribution is 9.10. The lowest BCUT2D eigenvalue weighted by Gasteiger charge is -2.16. The third-order valence-corrected chi connectivity index (χ3v) is 6.84. The van der Waals surface area contributed by atoms with Gasteiger partial charge in [-0.3, -0.25) is 15.0 Å². The first kappa shape index (κ1) is 25.3. The summed E-state index contributed by atoms with van der Waals surface area (Å²) >= 11 is 3.17. The molecule has 0 saturated carbocycles. The van der Waals surface area contributed by atoms with Gasteiger partial charge < -0.3 is 21.0 Å². The average Bonchev–Trinajstić information content (AvgIpc) is 3.25. The second-order valence-electron chi connectivity index (χ2n) is 7.44. The summed E-state index contributed by atoms with van der Waals surface area (Å²) in [7, 11) is -4.12. The third kappa shape index (κ3) is 6.62. The number of nitrogens with zero attached hydrogens (tertiary/aromatic N) is 1. The Kier molecular flexibility index (Phi) is 8.02. The minimum absolute atomic E-state index is 0.0516. The van der Waals surface area contributed by atoms with E-state index in [1.165, 1.54) is 18.2 Å². The van der Waals surface area contributed by atoms with Crippen molar-refractivity contribution in [1.82, 2.24) is 10.0 Å². The third-order valence-electron chi connectivity index (χ3n) is 4.88. The molecule has 0 saturated heterocycles. The summed E-state index contributed by atoms with van der Waals surface area (Å²) in [6.07, 6.45) is -0.294. The van der Waals surface area contributed by atoms with Gasteiger partial charge in [0.15, 0.2) is 0 Å². The number of oxime groups is 1. The van der Waals surface area contributed by atoms with Gasteiger partial charge in [0.1, 0.15) is 18.0 Å². The largest absolute Gasteiger partial charge is 0.480 e. The lowest BCUT2D eigenvalue weighted by Crippen LogP contribution is -2.48. The molecule has 0 spiro atoms. The van der Waals surface area contributed by atoms with Crippen molar-refractivity contribution < 1.29 is 28.0 Å². The number of hydrogen-bond donors (Lipinski definition) is 5. The molecule has 13 heteroatoms. The first-order valence-electron chi connectivity index (χ1n) is 10.00. The molecule has 3 rings (SSSR count). The van der Waals surface area contributed by atoms with Gasteiger partial charge >= 0.3 is 5.97 Å². The van der Waals surface area contributed by atoms with Crippen LogP contribution in [-0.4, -0.2) is 55.6 Å². The highest BCUT2D eigenvalue weighted by Crippen LogP contribution is 2.20. The van der Waals surface area contributed by atoms with E-state index in [1.54, 1.807) is 30.3 Å². The van der Waals surface area contributed by atoms with Crippen LogP contribution < -0.4 is 15.8 Å². The van der Waals surface area contributed by atoms with Crippen molar-refractivity contribution in [2.24, 2.45) is 10.9 Å². The van der Waals surface area contributed by atoms with Crippen molar-refractivity contribution >= 4 is 49.4 Å². The maximum Gasteiger partial charge on any atom is 0.323 e. The Balaban J connectivity index is 1.52. The lowest BCUT2D eigenvalue weighted by atomic mass is 10.0. The molecule has 11 nitrogen and oxygen atoms in total. The molecule has 1 aliphatic heterocycles. The number of halogens is 1. The van der Waals surface area contributed by atoms with Crippen molar-refractivity contribution in [2.75, 3.05) is 6.54 Å². The van der Waals surface area contributed by atoms with Crippen LogP contribution in [0.3, 0.4) is 0 Å². The lowest BCUT2D eigenvalue weighted by molar-refractivity contribution is -0.138. The number of carbonyl (C=O) groups is 2. The summed E-state index contributed by atoms with van der Waals surface area (Å²) in [6.45, 7) is -0.450. The van der Waals surface area contributed by atoms with E-state index in [0.29, 0.717) is 22.2 Å². The number of rotatable bonds is 10. The van der Waals surface area contributed by atoms with Crippen molar-refractivity contribution in [2.45, 2.75) is 29.9 Å². The monoisotopic (exact) mass is 551 g/mol. The fourth-order valence-electron chi connectivity index (χ4n) is 3.11. The second-order valence-corrected chi connectivity index (χ2v) is 10.1. The molecule has 0 fully saturated rings. The fraction of sp³-hybridized carbons (Fsp3) is 0.238. The van der Waals surface area contributed by atoms with Gasteiger partial charge in [-0.25, -0.2) is 8.42 Å². The van der Waals surface area contributed by atoms with Crippen LogP contribution in [0.25, 0.3) is 0 Å². The number of hydrogen-bond acceptors (Lipinski definition) is 7. The molecule has 0 bridgehead atoms. The number of benzene rings is 2. The van der Waals surface area contributed by atoms with Gasteiger partial charge in [-0.15, -0.1) is 0 Å². The quantitative estimate of drug-likeness (QED) is 0.216. The summed E-state index contributed by atoms with van der Waals surface area (Å²) in [5.41, 5.74) is 7.40. The summed E-state index contributed by atoms with van der Waals surface area (Å²) in [6, 6.07) is 11.1. The number of nitrogen functional groups attached to an aromatic ring is 1. The first-order valence-corrected chi connectivity index (χ1v) is 12.3. The van der Waals surface area contributed by atoms with Crippen LogP contribution in [0.1, 0.15) is 24.0 Å². The number of carbonyl (C=O) groups excluding carboxylic acids is 1. The van der Waals surface area contributed by atoms with Crippen LogP contribution in [-0.2, 0) is 24.4 Å². The Morgan fingerprint density at radius 3 is 2.59 bits per heavy atom. The highest BCUT2D eigenvalue weighted by Gasteiger charge is 2.28. The van der Waals surface area contributed by atoms with E-state index in [0.717, 1.165) is 5.56 Å². The van der Waals surface area contributed by atoms with E-state index < -0.39 is 40.6 Å². The number of amides is 1. The van der Waals surface area contributed by atoms with E-state index in [2.05, 4.69) is 31.1 Å². The summed E-state index contributed by atoms with van der Waals surface area (Å²) in [5.74, 6) is -2.00. The van der Waals surface area contributed by atoms with E-state index >= 15 is 0 Å². The number of sulfonamides is 1. The predicted molar refractivity (Wildman–Crippen MR) is 127 cm³/mol. The highest BCUT2D eigenvalue weighted by atomic mass is 79.9. The smallest absolute Gasteiger partial charge is 0.323 e. The van der Waals surface area contributed by atoms with E-state index in [9.17, 15) is 23.1 Å². The van der Waals surface area contributed by atoms with Crippen LogP contribution in [0.2, 0.25) is 0 Å². The molecule has 6 N–H and O–H groups in total. The topological polar surface area (TPSA) is 184 Å². The van der Waals surface area contributed by atoms with Crippen LogP contribution >= 0.6 is 15.9 Å². The van der Waals surface area contributed by atoms with Crippen molar-refractivity contribution in [3.8, 4) is 0 Å². The summed E-state index contributed by atoms with van der Waals surface area (Å²) < 4.78 is 27.6. The molecule has 0 aliphatic carbocycles. The molecule has 1 heterocycles. The number of aliphatic carboxylic acids is 1. The van der Waals surface area contributed by atoms with Crippen LogP contribution in [0.4, 0.5) is 0 Å². The molecule has 2 aromatic carbocycles. The maximum atomic E-state index is 12.5. The fourth-order valence-corrected chi connectivity index (χ4v) is 4.90. The molecule has 2 atom stereocenters. The van der Waals surface area contributed by atoms with Crippen LogP contribution in [0.15, 0.2) is 63.1 Å². The average molecular weight is 552 g/mol. The normalized spacial score (nSPS) is 16.3. The van der Waals surface area contributed by atoms with Gasteiger partial charge in [0.25, 0.3) is 0 Å². The van der Waals surface area contributed by atoms with Crippen molar-refractivity contribution in [3.63, 3.8) is 0 Å². The number of carboxylic acids is 1. The Bertz CT molecular complexity index is 1230. The molecule has 2 aromatic rings. The van der Waals surface area contributed by atoms with E-state index in [1.807, 2.05) is 0 Å². The van der Waals surface area contributed by atoms with Gasteiger partial charge in [-0.05, 0) is 23.8 Å². The molecule has 1 amide bonds. The Hall–Kier alpha value is -3.29. The zero-order valence-electron chi connectivity index (χ0n) is 17.7. The molecule has 180 valence electrons. The van der Waals surface area contributed by atoms with E-state index in [-0.39, 0.29) is 17.2 Å². The molecule has 1 unspecified atom stereocenters. The Labute approximate surface area is 204 Å².